The molecular formula is C17H19NO3. The first-order valence-electron chi connectivity index (χ1n) is 7.02. The Bertz CT molecular complexity index is 622. The number of fused-ring (bicyclic) bond motifs is 1. The zero-order valence-corrected chi connectivity index (χ0v) is 12.2. The van der Waals surface area contributed by atoms with Gasteiger partial charge in [0.15, 0.2) is 11.5 Å². The van der Waals surface area contributed by atoms with E-state index in [0.29, 0.717) is 5.75 Å². The third-order valence-electron chi connectivity index (χ3n) is 3.49. The summed E-state index contributed by atoms with van der Waals surface area (Å²) in [4.78, 5) is 0. The van der Waals surface area contributed by atoms with E-state index >= 15 is 0 Å². The van der Waals surface area contributed by atoms with Crippen molar-refractivity contribution in [3.05, 3.63) is 53.6 Å². The summed E-state index contributed by atoms with van der Waals surface area (Å²) in [6.45, 7) is 4.26. The van der Waals surface area contributed by atoms with Crippen LogP contribution in [-0.2, 0) is 0 Å². The molecule has 0 spiro atoms. The van der Waals surface area contributed by atoms with Crippen LogP contribution in [0, 0.1) is 6.92 Å². The van der Waals surface area contributed by atoms with E-state index in [2.05, 4.69) is 31.2 Å². The second kappa shape index (κ2) is 5.66. The fourth-order valence-electron chi connectivity index (χ4n) is 2.33. The molecule has 0 aliphatic carbocycles. The quantitative estimate of drug-likeness (QED) is 0.937. The number of ether oxygens (including phenoxy) is 3. The van der Waals surface area contributed by atoms with Gasteiger partial charge in [-0.05, 0) is 31.5 Å². The van der Waals surface area contributed by atoms with E-state index in [0.717, 1.165) is 17.1 Å². The van der Waals surface area contributed by atoms with E-state index in [1.54, 1.807) is 0 Å². The molecule has 0 aromatic heterocycles. The van der Waals surface area contributed by atoms with Gasteiger partial charge < -0.3 is 19.9 Å². The molecule has 0 saturated heterocycles. The molecule has 110 valence electrons. The van der Waals surface area contributed by atoms with Crippen molar-refractivity contribution in [1.29, 1.82) is 0 Å². The highest BCUT2D eigenvalue weighted by Gasteiger charge is 2.20. The first kappa shape index (κ1) is 13.8. The van der Waals surface area contributed by atoms with Crippen molar-refractivity contribution in [2.75, 3.05) is 6.79 Å². The minimum Gasteiger partial charge on any atom is -0.484 e. The van der Waals surface area contributed by atoms with Crippen molar-refractivity contribution in [3.8, 4) is 17.2 Å². The number of rotatable bonds is 4. The summed E-state index contributed by atoms with van der Waals surface area (Å²) < 4.78 is 16.7. The van der Waals surface area contributed by atoms with Crippen LogP contribution in [0.4, 0.5) is 0 Å². The van der Waals surface area contributed by atoms with Crippen LogP contribution in [-0.4, -0.2) is 12.8 Å². The molecule has 21 heavy (non-hydrogen) atoms. The Morgan fingerprint density at radius 1 is 1.05 bits per heavy atom. The molecule has 0 amide bonds. The van der Waals surface area contributed by atoms with Crippen LogP contribution in [0.1, 0.15) is 24.2 Å². The normalized spacial score (nSPS) is 15.6. The van der Waals surface area contributed by atoms with Crippen molar-refractivity contribution in [3.63, 3.8) is 0 Å². The smallest absolute Gasteiger partial charge is 0.231 e. The van der Waals surface area contributed by atoms with E-state index in [1.165, 1.54) is 5.56 Å². The third kappa shape index (κ3) is 2.95. The second-order valence-electron chi connectivity index (χ2n) is 5.32. The Balaban J connectivity index is 1.84. The van der Waals surface area contributed by atoms with Crippen LogP contribution in [0.5, 0.6) is 17.2 Å². The first-order chi connectivity index (χ1) is 10.1. The van der Waals surface area contributed by atoms with Gasteiger partial charge in [0.1, 0.15) is 11.9 Å². The zero-order chi connectivity index (χ0) is 14.8. The van der Waals surface area contributed by atoms with Crippen LogP contribution in [0.2, 0.25) is 0 Å². The highest BCUT2D eigenvalue weighted by atomic mass is 16.7. The number of nitrogens with two attached hydrogens (primary N) is 1. The van der Waals surface area contributed by atoms with Gasteiger partial charge in [0.25, 0.3) is 0 Å². The molecule has 0 radical (unpaired) electrons. The van der Waals surface area contributed by atoms with Crippen molar-refractivity contribution in [2.45, 2.75) is 26.0 Å². The number of hydrogen-bond donors (Lipinski definition) is 1. The SMILES string of the molecule is Cc1ccc(C(Oc2ccc3c(c2)OCO3)C(C)N)cc1. The molecule has 2 aromatic carbocycles. The topological polar surface area (TPSA) is 53.7 Å². The van der Waals surface area contributed by atoms with Gasteiger partial charge in [-0.3, -0.25) is 0 Å². The van der Waals surface area contributed by atoms with Crippen LogP contribution >= 0.6 is 0 Å². The maximum Gasteiger partial charge on any atom is 0.231 e. The molecule has 2 unspecified atom stereocenters. The van der Waals surface area contributed by atoms with Crippen molar-refractivity contribution in [1.82, 2.24) is 0 Å². The van der Waals surface area contributed by atoms with Crippen LogP contribution in [0.25, 0.3) is 0 Å². The average molecular weight is 285 g/mol. The Morgan fingerprint density at radius 3 is 2.48 bits per heavy atom. The predicted molar refractivity (Wildman–Crippen MR) is 80.8 cm³/mol. The highest BCUT2D eigenvalue weighted by Crippen LogP contribution is 2.36. The van der Waals surface area contributed by atoms with Gasteiger partial charge in [0, 0.05) is 12.1 Å². The standard InChI is InChI=1S/C17H19NO3/c1-11-3-5-13(6-4-11)17(12(2)18)21-14-7-8-15-16(9-14)20-10-19-15/h3-9,12,17H,10,18H2,1-2H3. The first-order valence-corrected chi connectivity index (χ1v) is 7.02. The number of hydrogen-bond acceptors (Lipinski definition) is 4. The molecule has 2 aromatic rings. The lowest BCUT2D eigenvalue weighted by molar-refractivity contribution is 0.171. The maximum atomic E-state index is 6.09. The van der Waals surface area contributed by atoms with E-state index < -0.39 is 0 Å². The Morgan fingerprint density at radius 2 is 1.76 bits per heavy atom. The van der Waals surface area contributed by atoms with Crippen molar-refractivity contribution >= 4 is 0 Å². The fraction of sp³-hybridized carbons (Fsp3) is 0.294. The lowest BCUT2D eigenvalue weighted by Gasteiger charge is -2.23. The summed E-state index contributed by atoms with van der Waals surface area (Å²) in [6.07, 6.45) is -0.203. The minimum atomic E-state index is -0.203. The van der Waals surface area contributed by atoms with Gasteiger partial charge in [0.2, 0.25) is 6.79 Å². The lowest BCUT2D eigenvalue weighted by Crippen LogP contribution is -2.29. The van der Waals surface area contributed by atoms with Crippen LogP contribution < -0.4 is 19.9 Å². The Kier molecular flexibility index (Phi) is 3.71. The zero-order valence-electron chi connectivity index (χ0n) is 12.2. The molecule has 4 nitrogen and oxygen atoms in total. The number of benzene rings is 2. The Labute approximate surface area is 124 Å². The van der Waals surface area contributed by atoms with Gasteiger partial charge in [-0.2, -0.15) is 0 Å². The molecular weight excluding hydrogens is 266 g/mol. The van der Waals surface area contributed by atoms with E-state index in [-0.39, 0.29) is 18.9 Å². The van der Waals surface area contributed by atoms with Crippen molar-refractivity contribution in [2.24, 2.45) is 5.73 Å². The van der Waals surface area contributed by atoms with Gasteiger partial charge in [-0.25, -0.2) is 0 Å². The summed E-state index contributed by atoms with van der Waals surface area (Å²) in [5.41, 5.74) is 8.36. The van der Waals surface area contributed by atoms with E-state index in [4.69, 9.17) is 19.9 Å². The van der Waals surface area contributed by atoms with Crippen LogP contribution in [0.15, 0.2) is 42.5 Å². The second-order valence-corrected chi connectivity index (χ2v) is 5.32. The maximum absolute atomic E-state index is 6.09. The largest absolute Gasteiger partial charge is 0.484 e. The van der Waals surface area contributed by atoms with Gasteiger partial charge in [0.05, 0.1) is 0 Å². The fourth-order valence-corrected chi connectivity index (χ4v) is 2.33. The van der Waals surface area contributed by atoms with Crippen molar-refractivity contribution < 1.29 is 14.2 Å². The molecule has 0 fully saturated rings. The molecule has 2 N–H and O–H groups in total. The molecule has 3 rings (SSSR count). The molecule has 1 heterocycles. The molecule has 1 aliphatic rings. The highest BCUT2D eigenvalue weighted by molar-refractivity contribution is 5.47. The predicted octanol–water partition coefficient (Wildman–Crippen LogP) is 3.19. The molecule has 4 heteroatoms. The van der Waals surface area contributed by atoms with E-state index in [1.807, 2.05) is 25.1 Å². The summed E-state index contributed by atoms with van der Waals surface area (Å²) >= 11 is 0. The van der Waals surface area contributed by atoms with E-state index in [9.17, 15) is 0 Å². The monoisotopic (exact) mass is 285 g/mol. The summed E-state index contributed by atoms with van der Waals surface area (Å²) in [7, 11) is 0. The summed E-state index contributed by atoms with van der Waals surface area (Å²) in [6, 6.07) is 13.7. The molecule has 0 saturated carbocycles. The molecule has 1 aliphatic heterocycles. The number of aryl methyl sites for hydroxylation is 1. The minimum absolute atomic E-state index is 0.127. The lowest BCUT2D eigenvalue weighted by atomic mass is 10.0. The van der Waals surface area contributed by atoms with Gasteiger partial charge >= 0.3 is 0 Å². The Hall–Kier alpha value is -2.20. The third-order valence-corrected chi connectivity index (χ3v) is 3.49. The molecule has 0 bridgehead atoms. The average Bonchev–Trinajstić information content (AvgIpc) is 2.93. The van der Waals surface area contributed by atoms with Crippen LogP contribution in [0.3, 0.4) is 0 Å². The molecule has 2 atom stereocenters. The summed E-state index contributed by atoms with van der Waals surface area (Å²) in [5, 5.41) is 0. The summed E-state index contributed by atoms with van der Waals surface area (Å²) in [5.74, 6) is 2.18. The van der Waals surface area contributed by atoms with Gasteiger partial charge in [-0.15, -0.1) is 0 Å². The van der Waals surface area contributed by atoms with Gasteiger partial charge in [-0.1, -0.05) is 29.8 Å².